The van der Waals surface area contributed by atoms with Crippen LogP contribution in [0.1, 0.15) is 12.0 Å². The standard InChI is InChI=1S/C18H13N5O5S/c24-22(25)12-6-4-11(5-7-12)15-10-29-18(19-15)21-20-14-8-9-28-17-13(14)2-1-3-16(17)23(26)27/h1-7,10H,8-9H2,(H,19,21)/b20-14+. The first-order valence-electron chi connectivity index (χ1n) is 8.46. The van der Waals surface area contributed by atoms with Crippen LogP contribution in [0.5, 0.6) is 5.75 Å². The van der Waals surface area contributed by atoms with Gasteiger partial charge in [-0.1, -0.05) is 6.07 Å². The average Bonchev–Trinajstić information content (AvgIpc) is 3.20. The van der Waals surface area contributed by atoms with E-state index in [1.54, 1.807) is 24.3 Å². The Bertz CT molecular complexity index is 1130. The highest BCUT2D eigenvalue weighted by atomic mass is 32.1. The quantitative estimate of drug-likeness (QED) is 0.491. The number of ether oxygens (including phenoxy) is 1. The number of nitrogens with one attached hydrogen (secondary N) is 1. The first-order chi connectivity index (χ1) is 14.0. The lowest BCUT2D eigenvalue weighted by atomic mass is 10.0. The number of non-ortho nitro benzene ring substituents is 1. The number of hydrazone groups is 1. The van der Waals surface area contributed by atoms with E-state index >= 15 is 0 Å². The van der Waals surface area contributed by atoms with E-state index in [0.717, 1.165) is 5.56 Å². The molecule has 0 amide bonds. The minimum atomic E-state index is -0.480. The lowest BCUT2D eigenvalue weighted by Gasteiger charge is -2.18. The number of rotatable bonds is 5. The monoisotopic (exact) mass is 411 g/mol. The maximum Gasteiger partial charge on any atom is 0.311 e. The van der Waals surface area contributed by atoms with Crippen LogP contribution in [0.3, 0.4) is 0 Å². The van der Waals surface area contributed by atoms with Crippen molar-refractivity contribution in [3.05, 3.63) is 73.6 Å². The highest BCUT2D eigenvalue weighted by Gasteiger charge is 2.25. The molecule has 0 fully saturated rings. The van der Waals surface area contributed by atoms with E-state index in [9.17, 15) is 20.2 Å². The highest BCUT2D eigenvalue weighted by molar-refractivity contribution is 7.14. The topological polar surface area (TPSA) is 133 Å². The number of thiazole rings is 1. The second-order valence-corrected chi connectivity index (χ2v) is 6.88. The fourth-order valence-corrected chi connectivity index (χ4v) is 3.54. The second kappa shape index (κ2) is 7.64. The molecule has 0 bridgehead atoms. The molecule has 10 nitrogen and oxygen atoms in total. The number of anilines is 1. The Kier molecular flexibility index (Phi) is 4.87. The van der Waals surface area contributed by atoms with E-state index in [4.69, 9.17) is 4.74 Å². The Labute approximate surface area is 167 Å². The molecule has 0 saturated carbocycles. The molecule has 0 spiro atoms. The maximum atomic E-state index is 11.2. The van der Waals surface area contributed by atoms with Crippen LogP contribution >= 0.6 is 11.3 Å². The SMILES string of the molecule is O=[N+]([O-])c1ccc(-c2csc(N/N=C3\CCOc4c3cccc4[N+](=O)[O-])n2)cc1. The molecule has 3 aromatic rings. The second-order valence-electron chi connectivity index (χ2n) is 6.02. The predicted molar refractivity (Wildman–Crippen MR) is 108 cm³/mol. The first kappa shape index (κ1) is 18.5. The van der Waals surface area contributed by atoms with Crippen LogP contribution in [0.2, 0.25) is 0 Å². The van der Waals surface area contributed by atoms with Gasteiger partial charge in [-0.15, -0.1) is 11.3 Å². The van der Waals surface area contributed by atoms with Crippen LogP contribution in [0.4, 0.5) is 16.5 Å². The number of hydrogen-bond donors (Lipinski definition) is 1. The van der Waals surface area contributed by atoms with Crippen LogP contribution in [0.15, 0.2) is 52.9 Å². The third kappa shape index (κ3) is 3.75. The van der Waals surface area contributed by atoms with Crippen molar-refractivity contribution in [3.63, 3.8) is 0 Å². The Balaban J connectivity index is 1.55. The molecule has 0 aliphatic carbocycles. The fourth-order valence-electron chi connectivity index (χ4n) is 2.87. The third-order valence-corrected chi connectivity index (χ3v) is 5.00. The van der Waals surface area contributed by atoms with Crippen molar-refractivity contribution in [3.8, 4) is 17.0 Å². The zero-order valence-corrected chi connectivity index (χ0v) is 15.6. The molecule has 1 aliphatic rings. The molecule has 4 rings (SSSR count). The highest BCUT2D eigenvalue weighted by Crippen LogP contribution is 2.35. The summed E-state index contributed by atoms with van der Waals surface area (Å²) >= 11 is 1.33. The maximum absolute atomic E-state index is 11.2. The molecule has 0 saturated heterocycles. The lowest BCUT2D eigenvalue weighted by molar-refractivity contribution is -0.385. The Morgan fingerprint density at radius 1 is 1.10 bits per heavy atom. The van der Waals surface area contributed by atoms with Gasteiger partial charge in [-0.25, -0.2) is 4.98 Å². The molecular formula is C18H13N5O5S. The summed E-state index contributed by atoms with van der Waals surface area (Å²) in [4.78, 5) is 25.4. The number of fused-ring (bicyclic) bond motifs is 1. The van der Waals surface area contributed by atoms with Crippen LogP contribution in [0.25, 0.3) is 11.3 Å². The summed E-state index contributed by atoms with van der Waals surface area (Å²) in [6.45, 7) is 0.296. The molecule has 1 aliphatic heterocycles. The third-order valence-electron chi connectivity index (χ3n) is 4.25. The minimum Gasteiger partial charge on any atom is -0.486 e. The van der Waals surface area contributed by atoms with Crippen LogP contribution in [-0.2, 0) is 0 Å². The van der Waals surface area contributed by atoms with E-state index < -0.39 is 9.85 Å². The van der Waals surface area contributed by atoms with Gasteiger partial charge in [0.1, 0.15) is 0 Å². The van der Waals surface area contributed by atoms with Gasteiger partial charge in [0.25, 0.3) is 5.69 Å². The van der Waals surface area contributed by atoms with Crippen molar-refractivity contribution < 1.29 is 14.6 Å². The van der Waals surface area contributed by atoms with Gasteiger partial charge in [-0.05, 0) is 18.2 Å². The van der Waals surface area contributed by atoms with Gasteiger partial charge in [0.2, 0.25) is 10.9 Å². The van der Waals surface area contributed by atoms with Gasteiger partial charge in [0, 0.05) is 41.1 Å². The van der Waals surface area contributed by atoms with Gasteiger partial charge >= 0.3 is 5.69 Å². The zero-order valence-electron chi connectivity index (χ0n) is 14.8. The number of nitro benzene ring substituents is 2. The van der Waals surface area contributed by atoms with Gasteiger partial charge in [0.05, 0.1) is 27.9 Å². The average molecular weight is 411 g/mol. The normalized spacial score (nSPS) is 14.1. The first-order valence-corrected chi connectivity index (χ1v) is 9.34. The van der Waals surface area contributed by atoms with Crippen molar-refractivity contribution in [1.29, 1.82) is 0 Å². The molecule has 1 N–H and O–H groups in total. The molecule has 2 heterocycles. The molecule has 2 aromatic carbocycles. The summed E-state index contributed by atoms with van der Waals surface area (Å²) in [7, 11) is 0. The summed E-state index contributed by atoms with van der Waals surface area (Å²) in [5, 5.41) is 28.6. The van der Waals surface area contributed by atoms with Gasteiger partial charge < -0.3 is 4.74 Å². The molecule has 11 heteroatoms. The van der Waals surface area contributed by atoms with E-state index in [1.165, 1.54) is 29.5 Å². The smallest absolute Gasteiger partial charge is 0.311 e. The van der Waals surface area contributed by atoms with Gasteiger partial charge in [0.15, 0.2) is 0 Å². The van der Waals surface area contributed by atoms with Gasteiger partial charge in [-0.2, -0.15) is 5.10 Å². The zero-order chi connectivity index (χ0) is 20.4. The largest absolute Gasteiger partial charge is 0.486 e. The van der Waals surface area contributed by atoms with Gasteiger partial charge in [-0.3, -0.25) is 25.7 Å². The number of para-hydroxylation sites is 1. The molecule has 146 valence electrons. The molecular weight excluding hydrogens is 398 g/mol. The number of benzene rings is 2. The summed E-state index contributed by atoms with van der Waals surface area (Å²) in [5.41, 5.74) is 5.43. The van der Waals surface area contributed by atoms with Crippen LogP contribution in [0, 0.1) is 20.2 Å². The summed E-state index contributed by atoms with van der Waals surface area (Å²) in [6, 6.07) is 10.8. The number of hydrogen-bond acceptors (Lipinski definition) is 9. The van der Waals surface area contributed by atoms with E-state index in [2.05, 4.69) is 15.5 Å². The predicted octanol–water partition coefficient (Wildman–Crippen LogP) is 4.23. The molecule has 29 heavy (non-hydrogen) atoms. The van der Waals surface area contributed by atoms with Crippen molar-refractivity contribution in [2.24, 2.45) is 5.10 Å². The van der Waals surface area contributed by atoms with E-state index in [-0.39, 0.29) is 17.1 Å². The Morgan fingerprint density at radius 2 is 1.90 bits per heavy atom. The molecule has 1 aromatic heterocycles. The summed E-state index contributed by atoms with van der Waals surface area (Å²) < 4.78 is 5.48. The fraction of sp³-hybridized carbons (Fsp3) is 0.111. The minimum absolute atomic E-state index is 0.0148. The van der Waals surface area contributed by atoms with Crippen LogP contribution < -0.4 is 10.2 Å². The van der Waals surface area contributed by atoms with Crippen molar-refractivity contribution in [2.75, 3.05) is 12.0 Å². The Hall–Kier alpha value is -3.86. The number of aromatic nitrogens is 1. The molecule has 0 unspecified atom stereocenters. The number of nitrogens with zero attached hydrogens (tertiary/aromatic N) is 4. The number of nitro groups is 2. The van der Waals surface area contributed by atoms with E-state index in [1.807, 2.05) is 5.38 Å². The Morgan fingerprint density at radius 3 is 2.62 bits per heavy atom. The van der Waals surface area contributed by atoms with E-state index in [0.29, 0.717) is 35.1 Å². The summed E-state index contributed by atoms with van der Waals surface area (Å²) in [5.74, 6) is 0.218. The van der Waals surface area contributed by atoms with Crippen molar-refractivity contribution >= 4 is 33.6 Å². The van der Waals surface area contributed by atoms with Crippen LogP contribution in [-0.4, -0.2) is 27.1 Å². The van der Waals surface area contributed by atoms with Crippen molar-refractivity contribution in [2.45, 2.75) is 6.42 Å². The molecule has 0 radical (unpaired) electrons. The lowest BCUT2D eigenvalue weighted by Crippen LogP contribution is -2.18. The molecule has 0 atom stereocenters. The summed E-state index contributed by atoms with van der Waals surface area (Å²) in [6.07, 6.45) is 0.502. The van der Waals surface area contributed by atoms with Crippen molar-refractivity contribution in [1.82, 2.24) is 4.98 Å².